The molecule has 2 rings (SSSR count). The van der Waals surface area contributed by atoms with Crippen LogP contribution in [-0.2, 0) is 4.74 Å². The Balaban J connectivity index is 1.80. The van der Waals surface area contributed by atoms with Crippen LogP contribution in [0.15, 0.2) is 6.07 Å². The fourth-order valence-corrected chi connectivity index (χ4v) is 2.29. The van der Waals surface area contributed by atoms with Crippen LogP contribution in [0.25, 0.3) is 0 Å². The molecule has 0 unspecified atom stereocenters. The van der Waals surface area contributed by atoms with Crippen molar-refractivity contribution >= 4 is 11.9 Å². The van der Waals surface area contributed by atoms with Crippen LogP contribution in [-0.4, -0.2) is 41.0 Å². The highest BCUT2D eigenvalue weighted by Crippen LogP contribution is 2.35. The van der Waals surface area contributed by atoms with E-state index in [1.807, 2.05) is 13.0 Å². The monoisotopic (exact) mass is 267 g/mol. The third kappa shape index (κ3) is 3.60. The average Bonchev–Trinajstić information content (AvgIpc) is 2.97. The number of H-pyrrole nitrogens is 1. The molecular weight excluding hydrogens is 246 g/mol. The molecule has 1 fully saturated rings. The van der Waals surface area contributed by atoms with E-state index in [2.05, 4.69) is 15.6 Å². The number of hydrogen-bond donors (Lipinski definition) is 3. The summed E-state index contributed by atoms with van der Waals surface area (Å²) in [6, 6.07) is 1.85. The number of nitrogens with one attached hydrogen (secondary N) is 2. The predicted octanol–water partition coefficient (Wildman–Crippen LogP) is 1.22. The zero-order chi connectivity index (χ0) is 13.8. The van der Waals surface area contributed by atoms with Crippen LogP contribution in [0, 0.1) is 0 Å². The zero-order valence-corrected chi connectivity index (χ0v) is 11.3. The summed E-state index contributed by atoms with van der Waals surface area (Å²) in [5.74, 6) is 0.886. The number of nitrogens with zero attached hydrogens (tertiary/aromatic N) is 2. The van der Waals surface area contributed by atoms with Gasteiger partial charge in [-0.25, -0.2) is 9.80 Å². The van der Waals surface area contributed by atoms with Crippen molar-refractivity contribution in [3.63, 3.8) is 0 Å². The van der Waals surface area contributed by atoms with Crippen molar-refractivity contribution in [1.82, 2.24) is 20.6 Å². The van der Waals surface area contributed by atoms with Crippen molar-refractivity contribution in [3.05, 3.63) is 11.8 Å². The largest absolute Gasteiger partial charge is 0.445 e. The van der Waals surface area contributed by atoms with Crippen molar-refractivity contribution in [2.24, 2.45) is 0 Å². The first-order valence-electron chi connectivity index (χ1n) is 6.57. The molecule has 0 saturated heterocycles. The van der Waals surface area contributed by atoms with Crippen LogP contribution in [0.5, 0.6) is 0 Å². The maximum atomic E-state index is 11.6. The summed E-state index contributed by atoms with van der Waals surface area (Å²) in [7, 11) is 1.80. The van der Waals surface area contributed by atoms with Gasteiger partial charge in [-0.2, -0.15) is 5.10 Å². The molecule has 0 spiro atoms. The number of nitrogens with two attached hydrogens (primary N) is 1. The van der Waals surface area contributed by atoms with Gasteiger partial charge in [-0.1, -0.05) is 6.92 Å². The average molecular weight is 267 g/mol. The normalized spacial score (nSPS) is 22.7. The Morgan fingerprint density at radius 2 is 2.47 bits per heavy atom. The molecule has 1 saturated carbocycles. The molecule has 4 N–H and O–H groups in total. The van der Waals surface area contributed by atoms with E-state index >= 15 is 0 Å². The van der Waals surface area contributed by atoms with Gasteiger partial charge < -0.3 is 10.5 Å². The lowest BCUT2D eigenvalue weighted by Crippen LogP contribution is -2.40. The maximum Gasteiger partial charge on any atom is 0.422 e. The second-order valence-electron chi connectivity index (χ2n) is 4.91. The number of nitrogen functional groups attached to an aromatic ring is 1. The predicted molar refractivity (Wildman–Crippen MR) is 71.3 cm³/mol. The fraction of sp³-hybridized carbons (Fsp3) is 0.667. The smallest absolute Gasteiger partial charge is 0.422 e. The topological polar surface area (TPSA) is 96.3 Å². The van der Waals surface area contributed by atoms with Crippen LogP contribution in [0.1, 0.15) is 37.8 Å². The van der Waals surface area contributed by atoms with Crippen molar-refractivity contribution in [2.45, 2.75) is 38.2 Å². The Bertz CT molecular complexity index is 434. The van der Waals surface area contributed by atoms with E-state index in [0.29, 0.717) is 11.7 Å². The van der Waals surface area contributed by atoms with E-state index in [-0.39, 0.29) is 6.10 Å². The zero-order valence-electron chi connectivity index (χ0n) is 11.3. The summed E-state index contributed by atoms with van der Waals surface area (Å²) in [5, 5.41) is 8.58. The SMILES string of the molecule is CCN(C)NC(=O)O[C@@H]1CC[C@H](c2cc(N)[nH]n2)C1. The lowest BCUT2D eigenvalue weighted by atomic mass is 10.0. The first-order chi connectivity index (χ1) is 9.08. The molecule has 0 bridgehead atoms. The quantitative estimate of drug-likeness (QED) is 0.713. The second kappa shape index (κ2) is 5.92. The third-order valence-corrected chi connectivity index (χ3v) is 3.45. The highest BCUT2D eigenvalue weighted by atomic mass is 16.6. The minimum Gasteiger partial charge on any atom is -0.445 e. The number of ether oxygens (including phenoxy) is 1. The van der Waals surface area contributed by atoms with Crippen molar-refractivity contribution < 1.29 is 9.53 Å². The summed E-state index contributed by atoms with van der Waals surface area (Å²) in [6.45, 7) is 2.68. The van der Waals surface area contributed by atoms with Crippen molar-refractivity contribution in [2.75, 3.05) is 19.3 Å². The molecular formula is C12H21N5O2. The first kappa shape index (κ1) is 13.7. The molecule has 2 atom stereocenters. The Hall–Kier alpha value is -1.76. The standard InChI is InChI=1S/C12H21N5O2/c1-3-17(2)16-12(18)19-9-5-4-8(6-9)10-7-11(13)15-14-10/h7-9H,3-6H2,1-2H3,(H,16,18)(H3,13,14,15)/t8-,9+/m0/s1. The van der Waals surface area contributed by atoms with Crippen LogP contribution in [0.4, 0.5) is 10.6 Å². The van der Waals surface area contributed by atoms with Gasteiger partial charge in [0.1, 0.15) is 11.9 Å². The summed E-state index contributed by atoms with van der Waals surface area (Å²) in [6.07, 6.45) is 2.19. The number of amides is 1. The maximum absolute atomic E-state index is 11.6. The van der Waals surface area contributed by atoms with Gasteiger partial charge in [0.15, 0.2) is 0 Å². The number of aromatic nitrogens is 2. The van der Waals surface area contributed by atoms with Crippen molar-refractivity contribution in [3.8, 4) is 0 Å². The van der Waals surface area contributed by atoms with Gasteiger partial charge in [0, 0.05) is 25.6 Å². The summed E-state index contributed by atoms with van der Waals surface area (Å²) >= 11 is 0. The highest BCUT2D eigenvalue weighted by molar-refractivity contribution is 5.66. The fourth-order valence-electron chi connectivity index (χ4n) is 2.29. The third-order valence-electron chi connectivity index (χ3n) is 3.45. The molecule has 0 radical (unpaired) electrons. The summed E-state index contributed by atoms with van der Waals surface area (Å²) in [4.78, 5) is 11.6. The molecule has 1 aliphatic carbocycles. The molecule has 1 amide bonds. The van der Waals surface area contributed by atoms with Gasteiger partial charge in [0.2, 0.25) is 0 Å². The molecule has 19 heavy (non-hydrogen) atoms. The van der Waals surface area contributed by atoms with E-state index in [9.17, 15) is 4.79 Å². The van der Waals surface area contributed by atoms with E-state index < -0.39 is 6.09 Å². The van der Waals surface area contributed by atoms with E-state index in [4.69, 9.17) is 10.5 Å². The summed E-state index contributed by atoms with van der Waals surface area (Å²) < 4.78 is 5.38. The Kier molecular flexibility index (Phi) is 4.26. The van der Waals surface area contributed by atoms with E-state index in [1.54, 1.807) is 12.1 Å². The van der Waals surface area contributed by atoms with Crippen LogP contribution >= 0.6 is 0 Å². The minimum absolute atomic E-state index is 0.0480. The molecule has 7 heteroatoms. The molecule has 1 aromatic rings. The number of hydrazine groups is 1. The second-order valence-corrected chi connectivity index (χ2v) is 4.91. The van der Waals surface area contributed by atoms with Gasteiger partial charge >= 0.3 is 6.09 Å². The van der Waals surface area contributed by atoms with Gasteiger partial charge in [-0.05, 0) is 19.3 Å². The van der Waals surface area contributed by atoms with Gasteiger partial charge in [0.05, 0.1) is 5.69 Å². The highest BCUT2D eigenvalue weighted by Gasteiger charge is 2.30. The van der Waals surface area contributed by atoms with Gasteiger partial charge in [-0.15, -0.1) is 0 Å². The summed E-state index contributed by atoms with van der Waals surface area (Å²) in [5.41, 5.74) is 9.21. The number of anilines is 1. The minimum atomic E-state index is -0.392. The Labute approximate surface area is 112 Å². The van der Waals surface area contributed by atoms with E-state index in [0.717, 1.165) is 31.5 Å². The van der Waals surface area contributed by atoms with Crippen LogP contribution < -0.4 is 11.2 Å². The molecule has 7 nitrogen and oxygen atoms in total. The number of aromatic amines is 1. The number of carbonyl (C=O) groups is 1. The molecule has 106 valence electrons. The van der Waals surface area contributed by atoms with Gasteiger partial charge in [-0.3, -0.25) is 10.5 Å². The molecule has 0 aromatic carbocycles. The molecule has 1 heterocycles. The molecule has 1 aromatic heterocycles. The van der Waals surface area contributed by atoms with Crippen LogP contribution in [0.3, 0.4) is 0 Å². The molecule has 1 aliphatic rings. The van der Waals surface area contributed by atoms with Gasteiger partial charge in [0.25, 0.3) is 0 Å². The Morgan fingerprint density at radius 3 is 3.11 bits per heavy atom. The van der Waals surface area contributed by atoms with E-state index in [1.165, 1.54) is 0 Å². The number of hydrogen-bond acceptors (Lipinski definition) is 5. The first-order valence-corrected chi connectivity index (χ1v) is 6.57. The Morgan fingerprint density at radius 1 is 1.68 bits per heavy atom. The van der Waals surface area contributed by atoms with Crippen LogP contribution in [0.2, 0.25) is 0 Å². The number of carbonyl (C=O) groups excluding carboxylic acids is 1. The lowest BCUT2D eigenvalue weighted by Gasteiger charge is -2.18. The molecule has 0 aliphatic heterocycles. The number of rotatable bonds is 4. The lowest BCUT2D eigenvalue weighted by molar-refractivity contribution is 0.0786. The van der Waals surface area contributed by atoms with Crippen molar-refractivity contribution in [1.29, 1.82) is 0 Å².